The van der Waals surface area contributed by atoms with Crippen LogP contribution in [0.5, 0.6) is 0 Å². The van der Waals surface area contributed by atoms with Crippen LogP contribution in [0.1, 0.15) is 12.5 Å². The summed E-state index contributed by atoms with van der Waals surface area (Å²) in [5.41, 5.74) is 1.67. The second kappa shape index (κ2) is 7.64. The van der Waals surface area contributed by atoms with Gasteiger partial charge in [0.1, 0.15) is 6.04 Å². The fourth-order valence-corrected chi connectivity index (χ4v) is 4.00. The third-order valence-corrected chi connectivity index (χ3v) is 5.31. The molecule has 2 rings (SSSR count). The van der Waals surface area contributed by atoms with E-state index in [4.69, 9.17) is 23.2 Å². The summed E-state index contributed by atoms with van der Waals surface area (Å²) in [5, 5.41) is 3.67. The molecule has 0 aliphatic rings. The van der Waals surface area contributed by atoms with E-state index in [-0.39, 0.29) is 0 Å². The predicted molar refractivity (Wildman–Crippen MR) is 103 cm³/mol. The van der Waals surface area contributed by atoms with Crippen LogP contribution in [0.25, 0.3) is 0 Å². The molecule has 8 heteroatoms. The lowest BCUT2D eigenvalue weighted by atomic mass is 10.2. The molecular formula is C17H18Cl2N2O3S. The van der Waals surface area contributed by atoms with E-state index >= 15 is 0 Å². The number of aryl methyl sites for hydroxylation is 1. The second-order valence-electron chi connectivity index (χ2n) is 5.66. The Hall–Kier alpha value is -1.76. The van der Waals surface area contributed by atoms with Crippen LogP contribution in [0.15, 0.2) is 42.5 Å². The maximum Gasteiger partial charge on any atom is 0.248 e. The number of carbonyl (C=O) groups is 1. The van der Waals surface area contributed by atoms with Crippen molar-refractivity contribution in [3.05, 3.63) is 58.1 Å². The van der Waals surface area contributed by atoms with E-state index in [0.717, 1.165) is 16.1 Å². The predicted octanol–water partition coefficient (Wildman–Crippen LogP) is 4.10. The van der Waals surface area contributed by atoms with E-state index in [1.807, 2.05) is 0 Å². The standard InChI is InChI=1S/C17H18Cl2N2O3S/c1-11-9-14(19)7-8-16(11)20-17(22)12(2)21(25(3,23)24)15-6-4-5-13(18)10-15/h4-10,12H,1-3H3,(H,20,22). The van der Waals surface area contributed by atoms with Gasteiger partial charge in [0.25, 0.3) is 0 Å². The molecule has 0 saturated heterocycles. The van der Waals surface area contributed by atoms with Gasteiger partial charge in [0, 0.05) is 15.7 Å². The fourth-order valence-electron chi connectivity index (χ4n) is 2.43. The molecule has 2 aromatic rings. The zero-order chi connectivity index (χ0) is 18.8. The van der Waals surface area contributed by atoms with Gasteiger partial charge >= 0.3 is 0 Å². The van der Waals surface area contributed by atoms with E-state index in [2.05, 4.69) is 5.32 Å². The van der Waals surface area contributed by atoms with Gasteiger partial charge in [-0.3, -0.25) is 9.10 Å². The maximum atomic E-state index is 12.6. The smallest absolute Gasteiger partial charge is 0.248 e. The molecule has 1 N–H and O–H groups in total. The molecule has 0 aliphatic heterocycles. The first-order chi connectivity index (χ1) is 11.6. The molecule has 1 atom stereocenters. The van der Waals surface area contributed by atoms with Crippen molar-refractivity contribution in [2.24, 2.45) is 0 Å². The molecule has 25 heavy (non-hydrogen) atoms. The van der Waals surface area contributed by atoms with Gasteiger partial charge in [0.15, 0.2) is 0 Å². The third-order valence-electron chi connectivity index (χ3n) is 3.60. The average Bonchev–Trinajstić information content (AvgIpc) is 2.48. The van der Waals surface area contributed by atoms with Gasteiger partial charge in [0.2, 0.25) is 15.9 Å². The van der Waals surface area contributed by atoms with Gasteiger partial charge in [-0.05, 0) is 55.8 Å². The van der Waals surface area contributed by atoms with Crippen LogP contribution in [0, 0.1) is 6.92 Å². The lowest BCUT2D eigenvalue weighted by Crippen LogP contribution is -2.45. The molecule has 0 saturated carbocycles. The van der Waals surface area contributed by atoms with Gasteiger partial charge in [0.05, 0.1) is 11.9 Å². The summed E-state index contributed by atoms with van der Waals surface area (Å²) in [6, 6.07) is 10.4. The largest absolute Gasteiger partial charge is 0.324 e. The van der Waals surface area contributed by atoms with Crippen molar-refractivity contribution in [2.75, 3.05) is 15.9 Å². The number of halogens is 2. The number of amides is 1. The molecule has 5 nitrogen and oxygen atoms in total. The number of sulfonamides is 1. The van der Waals surface area contributed by atoms with Crippen LogP contribution in [0.4, 0.5) is 11.4 Å². The summed E-state index contributed by atoms with van der Waals surface area (Å²) in [6.07, 6.45) is 1.05. The van der Waals surface area contributed by atoms with Gasteiger partial charge < -0.3 is 5.32 Å². The van der Waals surface area contributed by atoms with Gasteiger partial charge in [-0.25, -0.2) is 8.42 Å². The molecule has 0 aliphatic carbocycles. The monoisotopic (exact) mass is 400 g/mol. The van der Waals surface area contributed by atoms with Crippen molar-refractivity contribution in [1.82, 2.24) is 0 Å². The molecule has 0 fully saturated rings. The number of hydrogen-bond donors (Lipinski definition) is 1. The first-order valence-electron chi connectivity index (χ1n) is 7.41. The quantitative estimate of drug-likeness (QED) is 0.821. The highest BCUT2D eigenvalue weighted by Crippen LogP contribution is 2.25. The summed E-state index contributed by atoms with van der Waals surface area (Å²) in [4.78, 5) is 12.6. The Labute approximate surface area is 157 Å². The van der Waals surface area contributed by atoms with Gasteiger partial charge in [-0.15, -0.1) is 0 Å². The van der Waals surface area contributed by atoms with Crippen molar-refractivity contribution in [1.29, 1.82) is 0 Å². The summed E-state index contributed by atoms with van der Waals surface area (Å²) in [6.45, 7) is 3.32. The second-order valence-corrected chi connectivity index (χ2v) is 8.40. The lowest BCUT2D eigenvalue weighted by molar-refractivity contribution is -0.116. The topological polar surface area (TPSA) is 66.5 Å². The van der Waals surface area contributed by atoms with Crippen LogP contribution >= 0.6 is 23.2 Å². The minimum Gasteiger partial charge on any atom is -0.324 e. The Kier molecular flexibility index (Phi) is 5.98. The van der Waals surface area contributed by atoms with E-state index in [0.29, 0.717) is 21.4 Å². The highest BCUT2D eigenvalue weighted by Gasteiger charge is 2.29. The van der Waals surface area contributed by atoms with Crippen LogP contribution in [0.2, 0.25) is 10.0 Å². The normalized spacial score (nSPS) is 12.5. The Morgan fingerprint density at radius 1 is 1.12 bits per heavy atom. The Morgan fingerprint density at radius 3 is 2.32 bits per heavy atom. The summed E-state index contributed by atoms with van der Waals surface area (Å²) in [7, 11) is -3.70. The molecule has 0 aromatic heterocycles. The SMILES string of the molecule is Cc1cc(Cl)ccc1NC(=O)C(C)N(c1cccc(Cl)c1)S(C)(=O)=O. The highest BCUT2D eigenvalue weighted by molar-refractivity contribution is 7.92. The van der Waals surface area contributed by atoms with Crippen molar-refractivity contribution in [2.45, 2.75) is 19.9 Å². The first-order valence-corrected chi connectivity index (χ1v) is 10.0. The number of nitrogens with one attached hydrogen (secondary N) is 1. The first kappa shape index (κ1) is 19.6. The summed E-state index contributed by atoms with van der Waals surface area (Å²) < 4.78 is 25.5. The number of benzene rings is 2. The maximum absolute atomic E-state index is 12.6. The van der Waals surface area contributed by atoms with Crippen molar-refractivity contribution < 1.29 is 13.2 Å². The molecule has 1 unspecified atom stereocenters. The van der Waals surface area contributed by atoms with E-state index < -0.39 is 22.0 Å². The minimum absolute atomic E-state index is 0.325. The molecule has 0 bridgehead atoms. The minimum atomic E-state index is -3.70. The average molecular weight is 401 g/mol. The van der Waals surface area contributed by atoms with E-state index in [9.17, 15) is 13.2 Å². The van der Waals surface area contributed by atoms with Crippen LogP contribution in [-0.4, -0.2) is 26.6 Å². The van der Waals surface area contributed by atoms with Gasteiger partial charge in [-0.2, -0.15) is 0 Å². The Bertz CT molecular complexity index is 901. The number of carbonyl (C=O) groups excluding carboxylic acids is 1. The number of nitrogens with zero attached hydrogens (tertiary/aromatic N) is 1. The molecule has 1 amide bonds. The molecule has 0 radical (unpaired) electrons. The summed E-state index contributed by atoms with van der Waals surface area (Å²) in [5.74, 6) is -0.462. The van der Waals surface area contributed by atoms with E-state index in [1.165, 1.54) is 13.0 Å². The zero-order valence-electron chi connectivity index (χ0n) is 14.0. The number of anilines is 2. The Morgan fingerprint density at radius 2 is 1.76 bits per heavy atom. The Balaban J connectivity index is 2.33. The van der Waals surface area contributed by atoms with Crippen molar-refractivity contribution in [3.63, 3.8) is 0 Å². The number of hydrogen-bond acceptors (Lipinski definition) is 3. The van der Waals surface area contributed by atoms with Gasteiger partial charge in [-0.1, -0.05) is 29.3 Å². The van der Waals surface area contributed by atoms with Crippen molar-refractivity contribution in [3.8, 4) is 0 Å². The molecule has 2 aromatic carbocycles. The van der Waals surface area contributed by atoms with Crippen molar-refractivity contribution >= 4 is 50.5 Å². The lowest BCUT2D eigenvalue weighted by Gasteiger charge is -2.28. The fraction of sp³-hybridized carbons (Fsp3) is 0.235. The summed E-state index contributed by atoms with van der Waals surface area (Å²) >= 11 is 11.9. The van der Waals surface area contributed by atoms with Crippen LogP contribution in [0.3, 0.4) is 0 Å². The highest BCUT2D eigenvalue weighted by atomic mass is 35.5. The van der Waals surface area contributed by atoms with E-state index in [1.54, 1.807) is 43.3 Å². The number of rotatable bonds is 5. The zero-order valence-corrected chi connectivity index (χ0v) is 16.3. The van der Waals surface area contributed by atoms with Crippen LogP contribution < -0.4 is 9.62 Å². The molecular weight excluding hydrogens is 383 g/mol. The molecule has 0 spiro atoms. The molecule has 134 valence electrons. The van der Waals surface area contributed by atoms with Crippen LogP contribution in [-0.2, 0) is 14.8 Å². The third kappa shape index (κ3) is 4.87. The molecule has 0 heterocycles.